The molecule has 0 saturated carbocycles. The number of carbonyl (C=O) groups is 1. The third-order valence-electron chi connectivity index (χ3n) is 3.27. The van der Waals surface area contributed by atoms with Gasteiger partial charge in [0.25, 0.3) is 5.91 Å². The normalized spacial score (nSPS) is 12.4. The molecule has 0 bridgehead atoms. The summed E-state index contributed by atoms with van der Waals surface area (Å²) in [5, 5.41) is 10.8. The maximum absolute atomic E-state index is 12.3. The second-order valence-corrected chi connectivity index (χ2v) is 4.58. The summed E-state index contributed by atoms with van der Waals surface area (Å²) in [5.41, 5.74) is 1.45. The van der Waals surface area contributed by atoms with Crippen LogP contribution in [0.3, 0.4) is 0 Å². The van der Waals surface area contributed by atoms with Crippen LogP contribution >= 0.6 is 0 Å². The summed E-state index contributed by atoms with van der Waals surface area (Å²) < 4.78 is 0. The smallest absolute Gasteiger partial charge is 0.251 e. The van der Waals surface area contributed by atoms with Crippen molar-refractivity contribution in [2.75, 3.05) is 0 Å². The minimum atomic E-state index is -0.121. The monoisotopic (exact) mass is 269 g/mol. The summed E-state index contributed by atoms with van der Waals surface area (Å²) in [4.78, 5) is 19.5. The first-order valence-corrected chi connectivity index (χ1v) is 6.51. The average Bonchev–Trinajstić information content (AvgIpc) is 3.14. The molecule has 1 atom stereocenters. The van der Waals surface area contributed by atoms with Crippen molar-refractivity contribution in [3.05, 3.63) is 48.2 Å². The predicted octanol–water partition coefficient (Wildman–Crippen LogP) is 2.17. The molecule has 20 heavy (non-hydrogen) atoms. The lowest BCUT2D eigenvalue weighted by Gasteiger charge is -2.14. The highest BCUT2D eigenvalue weighted by Gasteiger charge is 2.16. The quantitative estimate of drug-likeness (QED) is 0.678. The number of fused-ring (bicyclic) bond motifs is 1. The minimum absolute atomic E-state index is 0.116. The zero-order chi connectivity index (χ0) is 13.9. The van der Waals surface area contributed by atoms with E-state index in [2.05, 4.69) is 25.5 Å². The van der Waals surface area contributed by atoms with Crippen LogP contribution in [0, 0.1) is 0 Å². The van der Waals surface area contributed by atoms with Crippen molar-refractivity contribution in [2.24, 2.45) is 0 Å². The van der Waals surface area contributed by atoms with Crippen molar-refractivity contribution in [1.82, 2.24) is 25.5 Å². The molecule has 6 nitrogen and oxygen atoms in total. The van der Waals surface area contributed by atoms with Crippen molar-refractivity contribution in [3.63, 3.8) is 0 Å². The van der Waals surface area contributed by atoms with Crippen molar-refractivity contribution in [1.29, 1.82) is 0 Å². The third-order valence-corrected chi connectivity index (χ3v) is 3.27. The number of benzene rings is 1. The Balaban J connectivity index is 1.81. The number of nitrogens with one attached hydrogen (secondary N) is 3. The highest BCUT2D eigenvalue weighted by molar-refractivity contribution is 5.97. The number of nitrogens with zero attached hydrogens (tertiary/aromatic N) is 2. The van der Waals surface area contributed by atoms with Gasteiger partial charge in [-0.05, 0) is 18.6 Å². The van der Waals surface area contributed by atoms with Crippen LogP contribution in [0.1, 0.15) is 35.6 Å². The molecule has 0 fully saturated rings. The topological polar surface area (TPSA) is 86.5 Å². The van der Waals surface area contributed by atoms with Gasteiger partial charge in [0, 0.05) is 23.3 Å². The van der Waals surface area contributed by atoms with Gasteiger partial charge in [-0.3, -0.25) is 9.89 Å². The lowest BCUT2D eigenvalue weighted by Crippen LogP contribution is -2.28. The lowest BCUT2D eigenvalue weighted by atomic mass is 10.1. The van der Waals surface area contributed by atoms with Crippen LogP contribution in [0.4, 0.5) is 0 Å². The molecular formula is C14H15N5O. The summed E-state index contributed by atoms with van der Waals surface area (Å²) in [5.74, 6) is 0.646. The van der Waals surface area contributed by atoms with Gasteiger partial charge < -0.3 is 10.3 Å². The molecule has 2 heterocycles. The second-order valence-electron chi connectivity index (χ2n) is 4.58. The van der Waals surface area contributed by atoms with Crippen molar-refractivity contribution < 1.29 is 4.79 Å². The van der Waals surface area contributed by atoms with E-state index < -0.39 is 0 Å². The number of imidazole rings is 1. The maximum atomic E-state index is 12.3. The second kappa shape index (κ2) is 5.16. The van der Waals surface area contributed by atoms with E-state index in [1.807, 2.05) is 13.0 Å². The van der Waals surface area contributed by atoms with E-state index in [-0.39, 0.29) is 11.9 Å². The largest absolute Gasteiger partial charge is 0.347 e. The fourth-order valence-corrected chi connectivity index (χ4v) is 2.15. The van der Waals surface area contributed by atoms with E-state index in [1.165, 1.54) is 0 Å². The number of aromatic amines is 2. The van der Waals surface area contributed by atoms with Crippen molar-refractivity contribution >= 4 is 16.8 Å². The van der Waals surface area contributed by atoms with E-state index in [4.69, 9.17) is 0 Å². The molecule has 0 spiro atoms. The van der Waals surface area contributed by atoms with E-state index in [0.717, 1.165) is 23.1 Å². The Morgan fingerprint density at radius 2 is 2.35 bits per heavy atom. The van der Waals surface area contributed by atoms with E-state index >= 15 is 0 Å². The predicted molar refractivity (Wildman–Crippen MR) is 75.2 cm³/mol. The summed E-state index contributed by atoms with van der Waals surface area (Å²) in [6, 6.07) is 5.35. The van der Waals surface area contributed by atoms with Crippen LogP contribution in [-0.2, 0) is 0 Å². The van der Waals surface area contributed by atoms with Crippen molar-refractivity contribution in [2.45, 2.75) is 19.4 Å². The van der Waals surface area contributed by atoms with Gasteiger partial charge in [-0.1, -0.05) is 13.0 Å². The minimum Gasteiger partial charge on any atom is -0.347 e. The van der Waals surface area contributed by atoms with Gasteiger partial charge in [-0.2, -0.15) is 5.10 Å². The molecule has 3 aromatic rings. The zero-order valence-corrected chi connectivity index (χ0v) is 11.1. The van der Waals surface area contributed by atoms with Gasteiger partial charge >= 0.3 is 0 Å². The molecule has 0 aliphatic carbocycles. The van der Waals surface area contributed by atoms with Crippen LogP contribution in [0.15, 0.2) is 36.8 Å². The van der Waals surface area contributed by atoms with Crippen LogP contribution in [0.5, 0.6) is 0 Å². The molecular weight excluding hydrogens is 254 g/mol. The fraction of sp³-hybridized carbons (Fsp3) is 0.214. The van der Waals surface area contributed by atoms with Gasteiger partial charge in [-0.25, -0.2) is 4.98 Å². The number of aromatic nitrogens is 4. The zero-order valence-electron chi connectivity index (χ0n) is 11.1. The third kappa shape index (κ3) is 2.27. The molecule has 2 aromatic heterocycles. The fourth-order valence-electron chi connectivity index (χ4n) is 2.15. The first-order valence-electron chi connectivity index (χ1n) is 6.51. The highest BCUT2D eigenvalue weighted by atomic mass is 16.1. The van der Waals surface area contributed by atoms with E-state index in [9.17, 15) is 4.79 Å². The molecule has 3 rings (SSSR count). The number of amides is 1. The summed E-state index contributed by atoms with van der Waals surface area (Å²) in [6.07, 6.45) is 5.93. The maximum Gasteiger partial charge on any atom is 0.251 e. The van der Waals surface area contributed by atoms with Gasteiger partial charge in [0.05, 0.1) is 17.8 Å². The molecule has 6 heteroatoms. The molecule has 102 valence electrons. The lowest BCUT2D eigenvalue weighted by molar-refractivity contribution is 0.0934. The highest BCUT2D eigenvalue weighted by Crippen LogP contribution is 2.15. The molecule has 0 radical (unpaired) electrons. The molecule has 0 aliphatic rings. The van der Waals surface area contributed by atoms with Gasteiger partial charge in [0.1, 0.15) is 5.82 Å². The van der Waals surface area contributed by atoms with Crippen molar-refractivity contribution in [3.8, 4) is 0 Å². The Morgan fingerprint density at radius 1 is 1.45 bits per heavy atom. The van der Waals surface area contributed by atoms with Crippen LogP contribution in [0.2, 0.25) is 0 Å². The molecule has 1 aromatic carbocycles. The number of carbonyl (C=O) groups excluding carboxylic acids is 1. The Kier molecular flexibility index (Phi) is 3.20. The van der Waals surface area contributed by atoms with Gasteiger partial charge in [0.15, 0.2) is 0 Å². The number of hydrogen-bond acceptors (Lipinski definition) is 3. The number of rotatable bonds is 4. The van der Waals surface area contributed by atoms with Crippen LogP contribution in [-0.4, -0.2) is 26.1 Å². The molecule has 1 unspecified atom stereocenters. The Morgan fingerprint density at radius 3 is 3.10 bits per heavy atom. The van der Waals surface area contributed by atoms with Crippen LogP contribution in [0.25, 0.3) is 10.9 Å². The van der Waals surface area contributed by atoms with E-state index in [1.54, 1.807) is 30.7 Å². The summed E-state index contributed by atoms with van der Waals surface area (Å²) in [7, 11) is 0. The Hall–Kier alpha value is -2.63. The average molecular weight is 269 g/mol. The Labute approximate surface area is 115 Å². The van der Waals surface area contributed by atoms with Gasteiger partial charge in [-0.15, -0.1) is 0 Å². The molecule has 0 aliphatic heterocycles. The first kappa shape index (κ1) is 12.4. The van der Waals surface area contributed by atoms with E-state index in [0.29, 0.717) is 5.56 Å². The Bertz CT molecular complexity index is 716. The van der Waals surface area contributed by atoms with Gasteiger partial charge in [0.2, 0.25) is 0 Å². The SMILES string of the molecule is CCC(NC(=O)c1ccc2cn[nH]c2c1)c1ncc[nH]1. The molecule has 0 saturated heterocycles. The first-order chi connectivity index (χ1) is 9.78. The number of H-pyrrole nitrogens is 2. The summed E-state index contributed by atoms with van der Waals surface area (Å²) in [6.45, 7) is 2.01. The molecule has 1 amide bonds. The number of hydrogen-bond donors (Lipinski definition) is 3. The summed E-state index contributed by atoms with van der Waals surface area (Å²) >= 11 is 0. The van der Waals surface area contributed by atoms with Crippen LogP contribution < -0.4 is 5.32 Å². The standard InChI is InChI=1S/C14H15N5O/c1-2-11(13-15-5-6-16-13)18-14(20)9-3-4-10-8-17-19-12(10)7-9/h3-8,11H,2H2,1H3,(H,15,16)(H,17,19)(H,18,20). The molecule has 3 N–H and O–H groups in total.